The van der Waals surface area contributed by atoms with Gasteiger partial charge in [0.05, 0.1) is 23.0 Å². The van der Waals surface area contributed by atoms with Crippen molar-refractivity contribution in [2.24, 2.45) is 17.7 Å². The lowest BCUT2D eigenvalue weighted by molar-refractivity contribution is 0.209. The van der Waals surface area contributed by atoms with Crippen LogP contribution in [0.25, 0.3) is 0 Å². The van der Waals surface area contributed by atoms with Crippen LogP contribution in [0.5, 0.6) is 0 Å². The fourth-order valence-electron chi connectivity index (χ4n) is 3.73. The summed E-state index contributed by atoms with van der Waals surface area (Å²) in [5, 5.41) is 5.14. The molecule has 1 aromatic rings. The van der Waals surface area contributed by atoms with E-state index >= 15 is 0 Å². The van der Waals surface area contributed by atoms with E-state index in [-0.39, 0.29) is 6.04 Å². The number of hydrogen-bond acceptors (Lipinski definition) is 3. The molecule has 1 heterocycles. The van der Waals surface area contributed by atoms with Gasteiger partial charge in [0, 0.05) is 6.54 Å². The molecule has 2 rings (SSSR count). The fourth-order valence-corrected chi connectivity index (χ4v) is 3.99. The molecule has 5 heteroatoms. The van der Waals surface area contributed by atoms with Gasteiger partial charge in [0.1, 0.15) is 0 Å². The quantitative estimate of drug-likeness (QED) is 0.589. The average molecular weight is 313 g/mol. The Balaban J connectivity index is 2.08. The maximum atomic E-state index is 6.37. The van der Waals surface area contributed by atoms with Gasteiger partial charge in [-0.2, -0.15) is 5.10 Å². The molecule has 1 atom stereocenters. The molecule has 1 aliphatic rings. The first-order chi connectivity index (χ1) is 10.2. The van der Waals surface area contributed by atoms with Crippen LogP contribution in [-0.4, -0.2) is 9.78 Å². The zero-order chi connectivity index (χ0) is 15.2. The van der Waals surface area contributed by atoms with Crippen molar-refractivity contribution in [3.8, 4) is 0 Å². The summed E-state index contributed by atoms with van der Waals surface area (Å²) < 4.78 is 2.02. The molecule has 0 bridgehead atoms. The number of hydrogen-bond donors (Lipinski definition) is 2. The van der Waals surface area contributed by atoms with E-state index < -0.39 is 0 Å². The Morgan fingerprint density at radius 2 is 2.05 bits per heavy atom. The lowest BCUT2D eigenvalue weighted by Crippen LogP contribution is -2.37. The van der Waals surface area contributed by atoms with Crippen molar-refractivity contribution in [1.29, 1.82) is 0 Å². The summed E-state index contributed by atoms with van der Waals surface area (Å²) in [6.07, 6.45) is 10.5. The summed E-state index contributed by atoms with van der Waals surface area (Å²) in [5.74, 6) is 7.34. The van der Waals surface area contributed by atoms with Crippen molar-refractivity contribution in [3.63, 3.8) is 0 Å². The molecule has 0 aliphatic heterocycles. The second kappa shape index (κ2) is 8.16. The van der Waals surface area contributed by atoms with Gasteiger partial charge in [-0.15, -0.1) is 0 Å². The SMILES string of the molecule is CCCC1CCC(C(NN)c2c(Cl)cnn2CCC)CC1. The van der Waals surface area contributed by atoms with Gasteiger partial charge in [-0.25, -0.2) is 0 Å². The standard InChI is InChI=1S/C16H29ClN4/c1-3-5-12-6-8-13(9-7-12)15(20-18)16-14(17)11-19-21(16)10-4-2/h11-13,15,20H,3-10,18H2,1-2H3. The van der Waals surface area contributed by atoms with E-state index in [4.69, 9.17) is 17.4 Å². The Bertz CT molecular complexity index is 424. The van der Waals surface area contributed by atoms with Crippen LogP contribution in [0.3, 0.4) is 0 Å². The molecule has 0 radical (unpaired) electrons. The number of nitrogens with one attached hydrogen (secondary N) is 1. The van der Waals surface area contributed by atoms with Crippen LogP contribution in [0.2, 0.25) is 5.02 Å². The molecule has 0 saturated heterocycles. The summed E-state index contributed by atoms with van der Waals surface area (Å²) in [6.45, 7) is 5.32. The van der Waals surface area contributed by atoms with E-state index in [1.807, 2.05) is 4.68 Å². The van der Waals surface area contributed by atoms with Gasteiger partial charge in [0.25, 0.3) is 0 Å². The van der Waals surface area contributed by atoms with Crippen LogP contribution < -0.4 is 11.3 Å². The number of hydrazine groups is 1. The molecule has 120 valence electrons. The third-order valence-corrected chi connectivity index (χ3v) is 5.09. The first-order valence-corrected chi connectivity index (χ1v) is 8.76. The summed E-state index contributed by atoms with van der Waals surface area (Å²) in [7, 11) is 0. The Labute approximate surface area is 133 Å². The number of aryl methyl sites for hydroxylation is 1. The van der Waals surface area contributed by atoms with Gasteiger partial charge in [0.15, 0.2) is 0 Å². The molecule has 4 nitrogen and oxygen atoms in total. The van der Waals surface area contributed by atoms with Crippen molar-refractivity contribution in [2.75, 3.05) is 0 Å². The van der Waals surface area contributed by atoms with Crippen LogP contribution in [0.4, 0.5) is 0 Å². The maximum absolute atomic E-state index is 6.37. The summed E-state index contributed by atoms with van der Waals surface area (Å²) in [5.41, 5.74) is 4.08. The van der Waals surface area contributed by atoms with Crippen LogP contribution in [-0.2, 0) is 6.54 Å². The van der Waals surface area contributed by atoms with Crippen LogP contribution in [0.15, 0.2) is 6.20 Å². The average Bonchev–Trinajstić information content (AvgIpc) is 2.84. The van der Waals surface area contributed by atoms with Crippen LogP contribution >= 0.6 is 11.6 Å². The Morgan fingerprint density at radius 1 is 1.33 bits per heavy atom. The van der Waals surface area contributed by atoms with E-state index in [9.17, 15) is 0 Å². The third-order valence-electron chi connectivity index (χ3n) is 4.80. The van der Waals surface area contributed by atoms with Gasteiger partial charge in [0.2, 0.25) is 0 Å². The van der Waals surface area contributed by atoms with Gasteiger partial charge >= 0.3 is 0 Å². The van der Waals surface area contributed by atoms with E-state index in [0.717, 1.165) is 29.6 Å². The van der Waals surface area contributed by atoms with Gasteiger partial charge < -0.3 is 0 Å². The zero-order valence-electron chi connectivity index (χ0n) is 13.3. The number of nitrogens with two attached hydrogens (primary N) is 1. The predicted octanol–water partition coefficient (Wildman–Crippen LogP) is 4.06. The van der Waals surface area contributed by atoms with Crippen molar-refractivity contribution in [2.45, 2.75) is 71.4 Å². The highest BCUT2D eigenvalue weighted by Crippen LogP contribution is 2.39. The van der Waals surface area contributed by atoms with Crippen LogP contribution in [0, 0.1) is 11.8 Å². The molecule has 1 aromatic heterocycles. The van der Waals surface area contributed by atoms with E-state index in [1.165, 1.54) is 38.5 Å². The smallest absolute Gasteiger partial charge is 0.0834 e. The van der Waals surface area contributed by atoms with Gasteiger partial charge in [-0.05, 0) is 31.1 Å². The number of halogens is 1. The second-order valence-corrected chi connectivity index (χ2v) is 6.72. The molecule has 0 aromatic carbocycles. The fraction of sp³-hybridized carbons (Fsp3) is 0.812. The van der Waals surface area contributed by atoms with Crippen LogP contribution in [0.1, 0.15) is 70.5 Å². The topological polar surface area (TPSA) is 55.9 Å². The van der Waals surface area contributed by atoms with Gasteiger partial charge in [-0.3, -0.25) is 16.0 Å². The minimum absolute atomic E-state index is 0.120. The molecule has 1 fully saturated rings. The largest absolute Gasteiger partial charge is 0.271 e. The highest BCUT2D eigenvalue weighted by molar-refractivity contribution is 6.31. The summed E-state index contributed by atoms with van der Waals surface area (Å²) in [4.78, 5) is 0. The number of aromatic nitrogens is 2. The van der Waals surface area contributed by atoms with Crippen molar-refractivity contribution in [1.82, 2.24) is 15.2 Å². The molecule has 21 heavy (non-hydrogen) atoms. The number of rotatable bonds is 7. The van der Waals surface area contributed by atoms with Crippen molar-refractivity contribution < 1.29 is 0 Å². The molecule has 0 amide bonds. The van der Waals surface area contributed by atoms with E-state index in [2.05, 4.69) is 24.4 Å². The third kappa shape index (κ3) is 3.99. The Morgan fingerprint density at radius 3 is 2.62 bits per heavy atom. The first kappa shape index (κ1) is 16.8. The minimum Gasteiger partial charge on any atom is -0.271 e. The highest BCUT2D eigenvalue weighted by atomic mass is 35.5. The molecular formula is C16H29ClN4. The zero-order valence-corrected chi connectivity index (χ0v) is 14.1. The molecule has 1 aliphatic carbocycles. The Hall–Kier alpha value is -0.580. The molecule has 1 unspecified atom stereocenters. The van der Waals surface area contributed by atoms with E-state index in [1.54, 1.807) is 6.20 Å². The Kier molecular flexibility index (Phi) is 6.52. The molecule has 0 spiro atoms. The second-order valence-electron chi connectivity index (χ2n) is 6.31. The molecule has 1 saturated carbocycles. The number of nitrogens with zero attached hydrogens (tertiary/aromatic N) is 2. The van der Waals surface area contributed by atoms with E-state index in [0.29, 0.717) is 5.92 Å². The predicted molar refractivity (Wildman–Crippen MR) is 87.9 cm³/mol. The summed E-state index contributed by atoms with van der Waals surface area (Å²) >= 11 is 6.37. The van der Waals surface area contributed by atoms with Crippen molar-refractivity contribution in [3.05, 3.63) is 16.9 Å². The normalized spacial score (nSPS) is 24.2. The molecular weight excluding hydrogens is 284 g/mol. The monoisotopic (exact) mass is 312 g/mol. The van der Waals surface area contributed by atoms with Crippen molar-refractivity contribution >= 4 is 11.6 Å². The summed E-state index contributed by atoms with van der Waals surface area (Å²) in [6, 6.07) is 0.120. The first-order valence-electron chi connectivity index (χ1n) is 8.38. The minimum atomic E-state index is 0.120. The maximum Gasteiger partial charge on any atom is 0.0834 e. The lowest BCUT2D eigenvalue weighted by Gasteiger charge is -2.34. The lowest BCUT2D eigenvalue weighted by atomic mass is 9.76. The molecule has 3 N–H and O–H groups in total. The highest BCUT2D eigenvalue weighted by Gasteiger charge is 2.31. The van der Waals surface area contributed by atoms with Gasteiger partial charge in [-0.1, -0.05) is 51.1 Å².